The molecule has 0 aliphatic rings. The molecule has 0 unspecified atom stereocenters. The molecule has 8 heteroatoms. The van der Waals surface area contributed by atoms with Gasteiger partial charge in [0.05, 0.1) is 24.6 Å². The zero-order chi connectivity index (χ0) is 23.8. The minimum atomic E-state index is -0.433. The normalized spacial score (nSPS) is 10.7. The molecule has 170 valence electrons. The Balaban J connectivity index is 1.35. The van der Waals surface area contributed by atoms with Crippen LogP contribution >= 0.6 is 0 Å². The molecule has 2 N–H and O–H groups in total. The lowest BCUT2D eigenvalue weighted by Gasteiger charge is -2.07. The molecule has 0 saturated carbocycles. The largest absolute Gasteiger partial charge is 0.489 e. The zero-order valence-corrected chi connectivity index (χ0v) is 18.4. The van der Waals surface area contributed by atoms with E-state index >= 15 is 0 Å². The van der Waals surface area contributed by atoms with Crippen molar-refractivity contribution in [1.29, 1.82) is 0 Å². The first kappa shape index (κ1) is 22.5. The number of hydrogen-bond donors (Lipinski definition) is 2. The van der Waals surface area contributed by atoms with Crippen LogP contribution < -0.4 is 10.2 Å². The standard InChI is InChI=1S/C26H22N4O4/c1-33-26(32)20-12-10-18(11-13-20)16-27-30-25(31)24-15-23(28-29-24)21-8-5-9-22(14-21)34-17-19-6-3-2-4-7-19/h2-16H,17H2,1H3,(H,28,29)(H,30,31). The molecule has 0 aliphatic carbocycles. The average molecular weight is 454 g/mol. The van der Waals surface area contributed by atoms with E-state index in [4.69, 9.17) is 4.74 Å². The Kier molecular flexibility index (Phi) is 7.09. The van der Waals surface area contributed by atoms with Crippen LogP contribution in [0.2, 0.25) is 0 Å². The lowest BCUT2D eigenvalue weighted by molar-refractivity contribution is 0.0600. The van der Waals surface area contributed by atoms with E-state index in [2.05, 4.69) is 25.5 Å². The van der Waals surface area contributed by atoms with Gasteiger partial charge in [0.2, 0.25) is 0 Å². The molecular weight excluding hydrogens is 432 g/mol. The van der Waals surface area contributed by atoms with Crippen LogP contribution in [-0.2, 0) is 11.3 Å². The van der Waals surface area contributed by atoms with Gasteiger partial charge < -0.3 is 9.47 Å². The summed E-state index contributed by atoms with van der Waals surface area (Å²) >= 11 is 0. The van der Waals surface area contributed by atoms with Crippen LogP contribution in [0.5, 0.6) is 5.75 Å². The third kappa shape index (κ3) is 5.74. The number of amides is 1. The van der Waals surface area contributed by atoms with Crippen LogP contribution in [0.3, 0.4) is 0 Å². The molecule has 0 aliphatic heterocycles. The Morgan fingerprint density at radius 1 is 1.00 bits per heavy atom. The van der Waals surface area contributed by atoms with Gasteiger partial charge in [-0.15, -0.1) is 0 Å². The van der Waals surface area contributed by atoms with Gasteiger partial charge in [0, 0.05) is 5.56 Å². The number of nitrogens with zero attached hydrogens (tertiary/aromatic N) is 2. The molecule has 1 amide bonds. The quantitative estimate of drug-likeness (QED) is 0.236. The molecule has 4 rings (SSSR count). The fourth-order valence-electron chi connectivity index (χ4n) is 3.12. The minimum Gasteiger partial charge on any atom is -0.489 e. The highest BCUT2D eigenvalue weighted by atomic mass is 16.5. The van der Waals surface area contributed by atoms with Crippen molar-refractivity contribution in [3.05, 3.63) is 107 Å². The summed E-state index contributed by atoms with van der Waals surface area (Å²) in [5.41, 5.74) is 6.37. The van der Waals surface area contributed by atoms with E-state index in [1.165, 1.54) is 13.3 Å². The van der Waals surface area contributed by atoms with E-state index in [-0.39, 0.29) is 5.69 Å². The van der Waals surface area contributed by atoms with Gasteiger partial charge in [-0.1, -0.05) is 54.6 Å². The SMILES string of the molecule is COC(=O)c1ccc(C=NNC(=O)c2cc(-c3cccc(OCc4ccccc4)c3)n[nH]2)cc1. The van der Waals surface area contributed by atoms with Crippen LogP contribution in [-0.4, -0.2) is 35.4 Å². The van der Waals surface area contributed by atoms with Crippen molar-refractivity contribution in [3.63, 3.8) is 0 Å². The average Bonchev–Trinajstić information content (AvgIpc) is 3.39. The van der Waals surface area contributed by atoms with Crippen LogP contribution in [0.4, 0.5) is 0 Å². The first-order valence-electron chi connectivity index (χ1n) is 10.5. The van der Waals surface area contributed by atoms with Gasteiger partial charge in [-0.25, -0.2) is 10.2 Å². The van der Waals surface area contributed by atoms with Crippen LogP contribution in [0.25, 0.3) is 11.3 Å². The van der Waals surface area contributed by atoms with Crippen molar-refractivity contribution in [1.82, 2.24) is 15.6 Å². The molecule has 0 saturated heterocycles. The summed E-state index contributed by atoms with van der Waals surface area (Å²) in [6.07, 6.45) is 1.48. The van der Waals surface area contributed by atoms with Crippen molar-refractivity contribution in [2.24, 2.45) is 5.10 Å². The Hall–Kier alpha value is -4.72. The molecule has 0 radical (unpaired) electrons. The minimum absolute atomic E-state index is 0.267. The molecule has 4 aromatic rings. The highest BCUT2D eigenvalue weighted by Gasteiger charge is 2.11. The maximum Gasteiger partial charge on any atom is 0.337 e. The molecule has 0 atom stereocenters. The van der Waals surface area contributed by atoms with E-state index < -0.39 is 11.9 Å². The van der Waals surface area contributed by atoms with Gasteiger partial charge in [-0.05, 0) is 41.5 Å². The molecule has 0 bridgehead atoms. The molecule has 1 aromatic heterocycles. The van der Waals surface area contributed by atoms with Gasteiger partial charge in [0.1, 0.15) is 18.1 Å². The second-order valence-electron chi connectivity index (χ2n) is 7.28. The third-order valence-electron chi connectivity index (χ3n) is 4.91. The zero-order valence-electron chi connectivity index (χ0n) is 18.4. The van der Waals surface area contributed by atoms with Crippen molar-refractivity contribution in [2.45, 2.75) is 6.61 Å². The lowest BCUT2D eigenvalue weighted by atomic mass is 10.1. The molecule has 0 fully saturated rings. The number of esters is 1. The lowest BCUT2D eigenvalue weighted by Crippen LogP contribution is -2.18. The van der Waals surface area contributed by atoms with Crippen LogP contribution in [0, 0.1) is 0 Å². The Bertz CT molecular complexity index is 1300. The molecular formula is C26H22N4O4. The fraction of sp³-hybridized carbons (Fsp3) is 0.0769. The number of aromatic amines is 1. The van der Waals surface area contributed by atoms with E-state index in [1.807, 2.05) is 54.6 Å². The predicted molar refractivity (Wildman–Crippen MR) is 128 cm³/mol. The van der Waals surface area contributed by atoms with Gasteiger partial charge in [-0.2, -0.15) is 10.2 Å². The summed E-state index contributed by atoms with van der Waals surface area (Å²) in [6, 6.07) is 25.7. The van der Waals surface area contributed by atoms with Crippen LogP contribution in [0.15, 0.2) is 90.0 Å². The smallest absolute Gasteiger partial charge is 0.337 e. The number of hydrazone groups is 1. The number of hydrogen-bond acceptors (Lipinski definition) is 6. The monoisotopic (exact) mass is 454 g/mol. The van der Waals surface area contributed by atoms with Crippen molar-refractivity contribution in [3.8, 4) is 17.0 Å². The highest BCUT2D eigenvalue weighted by molar-refractivity contribution is 5.94. The van der Waals surface area contributed by atoms with Crippen LogP contribution in [0.1, 0.15) is 32.0 Å². The molecule has 3 aromatic carbocycles. The molecule has 8 nitrogen and oxygen atoms in total. The second kappa shape index (κ2) is 10.7. The summed E-state index contributed by atoms with van der Waals surface area (Å²) in [4.78, 5) is 23.9. The van der Waals surface area contributed by atoms with Gasteiger partial charge >= 0.3 is 5.97 Å². The molecule has 1 heterocycles. The van der Waals surface area contributed by atoms with E-state index in [1.54, 1.807) is 30.3 Å². The number of rotatable bonds is 8. The van der Waals surface area contributed by atoms with E-state index in [9.17, 15) is 9.59 Å². The summed E-state index contributed by atoms with van der Waals surface area (Å²) in [5.74, 6) is -0.143. The maximum atomic E-state index is 12.4. The number of ether oxygens (including phenoxy) is 2. The van der Waals surface area contributed by atoms with Gasteiger partial charge in [0.15, 0.2) is 0 Å². The summed E-state index contributed by atoms with van der Waals surface area (Å²) in [6.45, 7) is 0.460. The summed E-state index contributed by atoms with van der Waals surface area (Å²) in [7, 11) is 1.32. The highest BCUT2D eigenvalue weighted by Crippen LogP contribution is 2.23. The number of carbonyl (C=O) groups is 2. The number of H-pyrrole nitrogens is 1. The Labute approximate surface area is 196 Å². The third-order valence-corrected chi connectivity index (χ3v) is 4.91. The van der Waals surface area contributed by atoms with Gasteiger partial charge in [-0.3, -0.25) is 9.89 Å². The number of carbonyl (C=O) groups excluding carboxylic acids is 2. The van der Waals surface area contributed by atoms with E-state index in [0.29, 0.717) is 29.2 Å². The molecule has 34 heavy (non-hydrogen) atoms. The first-order valence-corrected chi connectivity index (χ1v) is 10.5. The summed E-state index contributed by atoms with van der Waals surface area (Å²) in [5, 5.41) is 10.9. The Morgan fingerprint density at radius 3 is 2.56 bits per heavy atom. The number of methoxy groups -OCH3 is 1. The first-order chi connectivity index (χ1) is 16.6. The number of nitrogens with one attached hydrogen (secondary N) is 2. The van der Waals surface area contributed by atoms with Crippen molar-refractivity contribution in [2.75, 3.05) is 7.11 Å². The van der Waals surface area contributed by atoms with E-state index in [0.717, 1.165) is 11.1 Å². The number of aromatic nitrogens is 2. The van der Waals surface area contributed by atoms with Crippen molar-refractivity contribution < 1.29 is 19.1 Å². The van der Waals surface area contributed by atoms with Crippen molar-refractivity contribution >= 4 is 18.1 Å². The topological polar surface area (TPSA) is 106 Å². The fourth-order valence-corrected chi connectivity index (χ4v) is 3.12. The van der Waals surface area contributed by atoms with Gasteiger partial charge in [0.25, 0.3) is 5.91 Å². The summed E-state index contributed by atoms with van der Waals surface area (Å²) < 4.78 is 10.5. The predicted octanol–water partition coefficient (Wildman–Crippen LogP) is 4.21. The number of benzene rings is 3. The maximum absolute atomic E-state index is 12.4. The Morgan fingerprint density at radius 2 is 1.79 bits per heavy atom. The molecule has 0 spiro atoms. The second-order valence-corrected chi connectivity index (χ2v) is 7.28.